The van der Waals surface area contributed by atoms with Crippen molar-refractivity contribution in [3.8, 4) is 0 Å². The van der Waals surface area contributed by atoms with Crippen molar-refractivity contribution in [1.29, 1.82) is 0 Å². The lowest BCUT2D eigenvalue weighted by Gasteiger charge is -2.42. The Morgan fingerprint density at radius 3 is 2.61 bits per heavy atom. The van der Waals surface area contributed by atoms with Crippen molar-refractivity contribution in [2.45, 2.75) is 38.1 Å². The van der Waals surface area contributed by atoms with Gasteiger partial charge >= 0.3 is 0 Å². The van der Waals surface area contributed by atoms with E-state index >= 15 is 0 Å². The van der Waals surface area contributed by atoms with Crippen LogP contribution in [0, 0.1) is 0 Å². The van der Waals surface area contributed by atoms with E-state index < -0.39 is 0 Å². The van der Waals surface area contributed by atoms with Crippen molar-refractivity contribution in [3.05, 3.63) is 29.8 Å². The molecule has 1 aromatic carbocycles. The summed E-state index contributed by atoms with van der Waals surface area (Å²) in [5.74, 6) is 0. The first-order valence-corrected chi connectivity index (χ1v) is 8.64. The number of benzene rings is 1. The number of rotatable bonds is 5. The summed E-state index contributed by atoms with van der Waals surface area (Å²) in [6.07, 6.45) is 0.766. The molecule has 0 spiro atoms. The first-order valence-electron chi connectivity index (χ1n) is 8.64. The zero-order valence-corrected chi connectivity index (χ0v) is 14.2. The molecule has 0 amide bonds. The zero-order chi connectivity index (χ0) is 16.4. The lowest BCUT2D eigenvalue weighted by molar-refractivity contribution is 0.0528. The van der Waals surface area contributed by atoms with Crippen LogP contribution in [0.2, 0.25) is 0 Å². The molecule has 2 aliphatic rings. The number of fused-ring (bicyclic) bond motifs is 1. The maximum absolute atomic E-state index is 9.87. The van der Waals surface area contributed by atoms with E-state index in [1.165, 1.54) is 5.56 Å². The van der Waals surface area contributed by atoms with Crippen molar-refractivity contribution >= 4 is 5.69 Å². The monoisotopic (exact) mass is 319 g/mol. The molecule has 3 atom stereocenters. The fraction of sp³-hybridized carbons (Fsp3) is 0.667. The van der Waals surface area contributed by atoms with Crippen LogP contribution in [0.5, 0.6) is 0 Å². The van der Waals surface area contributed by atoms with E-state index in [1.807, 2.05) is 7.05 Å². The zero-order valence-electron chi connectivity index (χ0n) is 14.2. The van der Waals surface area contributed by atoms with Crippen LogP contribution in [0.1, 0.15) is 18.9 Å². The summed E-state index contributed by atoms with van der Waals surface area (Å²) >= 11 is 0. The van der Waals surface area contributed by atoms with E-state index in [0.29, 0.717) is 18.6 Å². The largest absolute Gasteiger partial charge is 0.395 e. The number of hydrogen-bond donors (Lipinski definition) is 2. The number of aliphatic hydroxyl groups excluding tert-OH is 2. The third-order valence-electron chi connectivity index (χ3n) is 5.27. The molecule has 128 valence electrons. The van der Waals surface area contributed by atoms with E-state index in [1.54, 1.807) is 0 Å². The first kappa shape index (κ1) is 16.7. The van der Waals surface area contributed by atoms with E-state index in [4.69, 9.17) is 5.11 Å². The smallest absolute Gasteiger partial charge is 0.0682 e. The molecule has 23 heavy (non-hydrogen) atoms. The lowest BCUT2D eigenvalue weighted by Crippen LogP contribution is -2.54. The summed E-state index contributed by atoms with van der Waals surface area (Å²) in [4.78, 5) is 7.04. The van der Waals surface area contributed by atoms with Crippen LogP contribution < -0.4 is 4.90 Å². The Kier molecular flexibility index (Phi) is 5.21. The summed E-state index contributed by atoms with van der Waals surface area (Å²) in [6.45, 7) is 7.02. The Bertz CT molecular complexity index is 507. The SMILES string of the molecule is C[C@H]1CN2C[C@H](O)CC2CN1Cc1ccc(N(C)CCO)cc1. The van der Waals surface area contributed by atoms with Crippen molar-refractivity contribution in [3.63, 3.8) is 0 Å². The molecule has 2 saturated heterocycles. The third-order valence-corrected chi connectivity index (χ3v) is 5.27. The van der Waals surface area contributed by atoms with Gasteiger partial charge in [0.05, 0.1) is 12.7 Å². The minimum Gasteiger partial charge on any atom is -0.395 e. The van der Waals surface area contributed by atoms with Crippen LogP contribution in [0.3, 0.4) is 0 Å². The van der Waals surface area contributed by atoms with Crippen LogP contribution in [0.15, 0.2) is 24.3 Å². The molecule has 2 heterocycles. The van der Waals surface area contributed by atoms with Crippen LogP contribution in [-0.2, 0) is 6.54 Å². The maximum atomic E-state index is 9.87. The minimum atomic E-state index is -0.145. The molecule has 0 aliphatic carbocycles. The Hall–Kier alpha value is -1.14. The Morgan fingerprint density at radius 2 is 1.91 bits per heavy atom. The van der Waals surface area contributed by atoms with Gasteiger partial charge < -0.3 is 15.1 Å². The fourth-order valence-electron chi connectivity index (χ4n) is 3.87. The third kappa shape index (κ3) is 3.86. The van der Waals surface area contributed by atoms with Gasteiger partial charge in [-0.1, -0.05) is 12.1 Å². The van der Waals surface area contributed by atoms with E-state index in [-0.39, 0.29) is 12.7 Å². The average molecular weight is 319 g/mol. The van der Waals surface area contributed by atoms with Crippen LogP contribution in [0.4, 0.5) is 5.69 Å². The topological polar surface area (TPSA) is 50.2 Å². The van der Waals surface area contributed by atoms with Gasteiger partial charge in [-0.15, -0.1) is 0 Å². The number of anilines is 1. The fourth-order valence-corrected chi connectivity index (χ4v) is 3.87. The average Bonchev–Trinajstić information content (AvgIpc) is 2.87. The van der Waals surface area contributed by atoms with Gasteiger partial charge in [0.25, 0.3) is 0 Å². The van der Waals surface area contributed by atoms with Crippen molar-refractivity contribution < 1.29 is 10.2 Å². The number of piperazine rings is 1. The number of likely N-dealkylation sites (N-methyl/N-ethyl adjacent to an activating group) is 1. The van der Waals surface area contributed by atoms with E-state index in [9.17, 15) is 5.11 Å². The van der Waals surface area contributed by atoms with Gasteiger partial charge in [0.1, 0.15) is 0 Å². The van der Waals surface area contributed by atoms with Gasteiger partial charge in [-0.25, -0.2) is 0 Å². The van der Waals surface area contributed by atoms with Gasteiger partial charge in [0, 0.05) is 57.5 Å². The molecule has 1 aromatic rings. The van der Waals surface area contributed by atoms with Crippen LogP contribution in [-0.4, -0.2) is 78.0 Å². The van der Waals surface area contributed by atoms with Crippen LogP contribution in [0.25, 0.3) is 0 Å². The summed E-state index contributed by atoms with van der Waals surface area (Å²) in [5.41, 5.74) is 2.46. The second-order valence-corrected chi connectivity index (χ2v) is 7.09. The minimum absolute atomic E-state index is 0.145. The van der Waals surface area contributed by atoms with Gasteiger partial charge in [-0.05, 0) is 31.0 Å². The van der Waals surface area contributed by atoms with Crippen molar-refractivity contribution in [1.82, 2.24) is 9.80 Å². The molecule has 5 nitrogen and oxygen atoms in total. The molecule has 0 radical (unpaired) electrons. The van der Waals surface area contributed by atoms with E-state index in [0.717, 1.165) is 38.3 Å². The lowest BCUT2D eigenvalue weighted by atomic mass is 10.1. The molecule has 2 N–H and O–H groups in total. The molecule has 2 fully saturated rings. The molecule has 0 aromatic heterocycles. The van der Waals surface area contributed by atoms with Gasteiger partial charge in [0.2, 0.25) is 0 Å². The van der Waals surface area contributed by atoms with Crippen molar-refractivity contribution in [2.75, 3.05) is 44.7 Å². The quantitative estimate of drug-likeness (QED) is 0.839. The molecule has 0 saturated carbocycles. The summed E-state index contributed by atoms with van der Waals surface area (Å²) in [5, 5.41) is 18.9. The predicted octanol–water partition coefficient (Wildman–Crippen LogP) is 0.754. The molecule has 3 rings (SSSR count). The molecule has 1 unspecified atom stereocenters. The number of aliphatic hydroxyl groups is 2. The van der Waals surface area contributed by atoms with Gasteiger partial charge in [-0.2, -0.15) is 0 Å². The Labute approximate surface area is 139 Å². The number of nitrogens with zero attached hydrogens (tertiary/aromatic N) is 3. The van der Waals surface area contributed by atoms with Crippen molar-refractivity contribution in [2.24, 2.45) is 0 Å². The summed E-state index contributed by atoms with van der Waals surface area (Å²) < 4.78 is 0. The molecule has 0 bridgehead atoms. The predicted molar refractivity (Wildman–Crippen MR) is 92.7 cm³/mol. The summed E-state index contributed by atoms with van der Waals surface area (Å²) in [7, 11) is 2.00. The molecular formula is C18H29N3O2. The second kappa shape index (κ2) is 7.18. The summed E-state index contributed by atoms with van der Waals surface area (Å²) in [6, 6.07) is 9.66. The normalized spacial score (nSPS) is 28.8. The Balaban J connectivity index is 1.60. The highest BCUT2D eigenvalue weighted by Crippen LogP contribution is 2.26. The van der Waals surface area contributed by atoms with E-state index in [2.05, 4.69) is 45.9 Å². The first-order chi connectivity index (χ1) is 11.1. The molecular weight excluding hydrogens is 290 g/mol. The Morgan fingerprint density at radius 1 is 1.17 bits per heavy atom. The van der Waals surface area contributed by atoms with Gasteiger partial charge in [0.15, 0.2) is 0 Å². The maximum Gasteiger partial charge on any atom is 0.0682 e. The molecule has 2 aliphatic heterocycles. The highest BCUT2D eigenvalue weighted by Gasteiger charge is 2.37. The highest BCUT2D eigenvalue weighted by atomic mass is 16.3. The van der Waals surface area contributed by atoms with Crippen LogP contribution >= 0.6 is 0 Å². The standard InChI is InChI=1S/C18H29N3O2/c1-14-10-21-13-18(23)9-17(21)12-20(14)11-15-3-5-16(6-4-15)19(2)7-8-22/h3-6,14,17-18,22-23H,7-13H2,1-2H3/t14-,17?,18+/m0/s1. The molecule has 5 heteroatoms. The highest BCUT2D eigenvalue weighted by molar-refractivity contribution is 5.46. The second-order valence-electron chi connectivity index (χ2n) is 7.09. The number of hydrogen-bond acceptors (Lipinski definition) is 5. The van der Waals surface area contributed by atoms with Gasteiger partial charge in [-0.3, -0.25) is 9.80 Å².